The third kappa shape index (κ3) is 4.26. The summed E-state index contributed by atoms with van der Waals surface area (Å²) >= 11 is 1.73. The highest BCUT2D eigenvalue weighted by molar-refractivity contribution is 7.98. The molecule has 1 aliphatic heterocycles. The fourth-order valence-corrected chi connectivity index (χ4v) is 3.70. The molecule has 0 radical (unpaired) electrons. The van der Waals surface area contributed by atoms with Gasteiger partial charge in [0.15, 0.2) is 0 Å². The largest absolute Gasteiger partial charge is 0.376 e. The van der Waals surface area contributed by atoms with Gasteiger partial charge in [-0.2, -0.15) is 0 Å². The molecule has 0 bridgehead atoms. The summed E-state index contributed by atoms with van der Waals surface area (Å²) in [6, 6.07) is 6.38. The Hall–Kier alpha value is -1.77. The van der Waals surface area contributed by atoms with Gasteiger partial charge in [0.05, 0.1) is 18.8 Å². The number of ether oxygens (including phenoxy) is 1. The Kier molecular flexibility index (Phi) is 5.09. The molecule has 0 N–H and O–H groups in total. The molecule has 1 saturated heterocycles. The quantitative estimate of drug-likeness (QED) is 0.615. The molecule has 130 valence electrons. The van der Waals surface area contributed by atoms with Gasteiger partial charge in [0.1, 0.15) is 5.69 Å². The summed E-state index contributed by atoms with van der Waals surface area (Å²) in [5.41, 5.74) is 3.13. The van der Waals surface area contributed by atoms with E-state index in [9.17, 15) is 0 Å². The van der Waals surface area contributed by atoms with E-state index in [-0.39, 0.29) is 6.10 Å². The summed E-state index contributed by atoms with van der Waals surface area (Å²) in [4.78, 5) is 1.20. The van der Waals surface area contributed by atoms with E-state index >= 15 is 0 Å². The standard InChI is InChI=1S/C20H23N3OS/c1-25-20-12-16(8-7-15-5-6-15)9-10-18(20)19-14-23(22-21-19)13-17-4-2-3-11-24-17/h9-10,12,14-15,17H,2-6,11,13H2,1H3/t17-/m1/s1. The summed E-state index contributed by atoms with van der Waals surface area (Å²) in [5, 5.41) is 8.68. The molecule has 5 heteroatoms. The molecule has 1 aromatic heterocycles. The van der Waals surface area contributed by atoms with Crippen LogP contribution in [0.25, 0.3) is 11.3 Å². The molecule has 0 spiro atoms. The first-order chi connectivity index (χ1) is 12.3. The molecular weight excluding hydrogens is 330 g/mol. The molecule has 2 fully saturated rings. The van der Waals surface area contributed by atoms with Crippen LogP contribution in [0.3, 0.4) is 0 Å². The molecule has 2 aliphatic rings. The van der Waals surface area contributed by atoms with Gasteiger partial charge in [-0.25, -0.2) is 4.68 Å². The van der Waals surface area contributed by atoms with Crippen molar-refractivity contribution in [1.29, 1.82) is 0 Å². The van der Waals surface area contributed by atoms with Crippen LogP contribution in [-0.2, 0) is 11.3 Å². The van der Waals surface area contributed by atoms with E-state index in [2.05, 4.69) is 46.6 Å². The number of aromatic nitrogens is 3. The molecular formula is C20H23N3OS. The first-order valence-electron chi connectivity index (χ1n) is 9.03. The zero-order valence-corrected chi connectivity index (χ0v) is 15.4. The normalized spacial score (nSPS) is 20.1. The van der Waals surface area contributed by atoms with Crippen LogP contribution in [-0.4, -0.2) is 34.0 Å². The van der Waals surface area contributed by atoms with Gasteiger partial charge in [-0.05, 0) is 50.5 Å². The van der Waals surface area contributed by atoms with Gasteiger partial charge in [-0.1, -0.05) is 23.1 Å². The van der Waals surface area contributed by atoms with Crippen LogP contribution >= 0.6 is 11.8 Å². The Morgan fingerprint density at radius 2 is 2.20 bits per heavy atom. The predicted molar refractivity (Wildman–Crippen MR) is 100 cm³/mol. The highest BCUT2D eigenvalue weighted by atomic mass is 32.2. The molecule has 2 aromatic rings. The highest BCUT2D eigenvalue weighted by Crippen LogP contribution is 2.31. The van der Waals surface area contributed by atoms with Gasteiger partial charge < -0.3 is 4.74 Å². The van der Waals surface area contributed by atoms with E-state index in [1.807, 2.05) is 10.9 Å². The third-order valence-corrected chi connectivity index (χ3v) is 5.46. The van der Waals surface area contributed by atoms with Gasteiger partial charge in [0.25, 0.3) is 0 Å². The molecule has 1 saturated carbocycles. The van der Waals surface area contributed by atoms with E-state index < -0.39 is 0 Å². The lowest BCUT2D eigenvalue weighted by molar-refractivity contribution is 0.00370. The zero-order chi connectivity index (χ0) is 17.1. The minimum Gasteiger partial charge on any atom is -0.376 e. The maximum absolute atomic E-state index is 5.80. The summed E-state index contributed by atoms with van der Waals surface area (Å²) in [6.45, 7) is 1.65. The van der Waals surface area contributed by atoms with Crippen molar-refractivity contribution < 1.29 is 4.74 Å². The lowest BCUT2D eigenvalue weighted by atomic mass is 10.1. The number of hydrogen-bond acceptors (Lipinski definition) is 4. The molecule has 4 nitrogen and oxygen atoms in total. The zero-order valence-electron chi connectivity index (χ0n) is 14.6. The van der Waals surface area contributed by atoms with Gasteiger partial charge in [-0.3, -0.25) is 0 Å². The fourth-order valence-electron chi connectivity index (χ4n) is 3.06. The van der Waals surface area contributed by atoms with Crippen molar-refractivity contribution in [3.8, 4) is 23.1 Å². The van der Waals surface area contributed by atoms with E-state index in [0.717, 1.165) is 36.4 Å². The average molecular weight is 353 g/mol. The maximum Gasteiger partial charge on any atom is 0.114 e. The lowest BCUT2D eigenvalue weighted by Crippen LogP contribution is -2.24. The highest BCUT2D eigenvalue weighted by Gasteiger charge is 2.18. The van der Waals surface area contributed by atoms with Crippen LogP contribution in [0.1, 0.15) is 37.7 Å². The SMILES string of the molecule is CSc1cc(C#CC2CC2)ccc1-c1cn(C[C@H]2CCCCO2)nn1. The topological polar surface area (TPSA) is 39.9 Å². The summed E-state index contributed by atoms with van der Waals surface area (Å²) in [7, 11) is 0. The van der Waals surface area contributed by atoms with E-state index in [1.165, 1.54) is 30.6 Å². The van der Waals surface area contributed by atoms with Crippen molar-refractivity contribution in [2.45, 2.75) is 49.6 Å². The number of benzene rings is 1. The second-order valence-corrected chi connectivity index (χ2v) is 7.62. The van der Waals surface area contributed by atoms with Crippen LogP contribution in [0.2, 0.25) is 0 Å². The number of rotatable bonds is 4. The molecule has 4 rings (SSSR count). The molecule has 2 heterocycles. The van der Waals surface area contributed by atoms with Gasteiger partial charge in [-0.15, -0.1) is 16.9 Å². The maximum atomic E-state index is 5.80. The fraction of sp³-hybridized carbons (Fsp3) is 0.500. The van der Waals surface area contributed by atoms with Crippen molar-refractivity contribution >= 4 is 11.8 Å². The first kappa shape index (κ1) is 16.7. The average Bonchev–Trinajstić information content (AvgIpc) is 3.38. The third-order valence-electron chi connectivity index (χ3n) is 4.68. The number of hydrogen-bond donors (Lipinski definition) is 0. The second-order valence-electron chi connectivity index (χ2n) is 6.77. The number of thioether (sulfide) groups is 1. The van der Waals surface area contributed by atoms with Crippen molar-refractivity contribution in [3.63, 3.8) is 0 Å². The van der Waals surface area contributed by atoms with Gasteiger partial charge in [0.2, 0.25) is 0 Å². The summed E-state index contributed by atoms with van der Waals surface area (Å²) < 4.78 is 7.71. The molecule has 1 aliphatic carbocycles. The van der Waals surface area contributed by atoms with Crippen molar-refractivity contribution in [2.75, 3.05) is 12.9 Å². The van der Waals surface area contributed by atoms with Crippen LogP contribution in [0.4, 0.5) is 0 Å². The van der Waals surface area contributed by atoms with Crippen molar-refractivity contribution in [3.05, 3.63) is 30.0 Å². The van der Waals surface area contributed by atoms with Crippen LogP contribution in [0.5, 0.6) is 0 Å². The monoisotopic (exact) mass is 353 g/mol. The Labute approximate surface area is 153 Å². The lowest BCUT2D eigenvalue weighted by Gasteiger charge is -2.21. The molecule has 1 atom stereocenters. The first-order valence-corrected chi connectivity index (χ1v) is 10.3. The van der Waals surface area contributed by atoms with Crippen molar-refractivity contribution in [2.24, 2.45) is 5.92 Å². The van der Waals surface area contributed by atoms with E-state index in [1.54, 1.807) is 11.8 Å². The second kappa shape index (κ2) is 7.63. The van der Waals surface area contributed by atoms with Gasteiger partial charge in [0, 0.05) is 28.5 Å². The molecule has 0 amide bonds. The molecule has 25 heavy (non-hydrogen) atoms. The molecule has 1 aromatic carbocycles. The van der Waals surface area contributed by atoms with E-state index in [4.69, 9.17) is 4.74 Å². The van der Waals surface area contributed by atoms with Gasteiger partial charge >= 0.3 is 0 Å². The van der Waals surface area contributed by atoms with E-state index in [0.29, 0.717) is 5.92 Å². The van der Waals surface area contributed by atoms with Crippen molar-refractivity contribution in [1.82, 2.24) is 15.0 Å². The van der Waals surface area contributed by atoms with Crippen LogP contribution in [0.15, 0.2) is 29.3 Å². The minimum atomic E-state index is 0.267. The minimum absolute atomic E-state index is 0.267. The Balaban J connectivity index is 1.51. The Morgan fingerprint density at radius 3 is 2.96 bits per heavy atom. The smallest absolute Gasteiger partial charge is 0.114 e. The van der Waals surface area contributed by atoms with Crippen LogP contribution < -0.4 is 0 Å². The summed E-state index contributed by atoms with van der Waals surface area (Å²) in [6.07, 6.45) is 10.4. The number of nitrogens with zero attached hydrogens (tertiary/aromatic N) is 3. The Morgan fingerprint density at radius 1 is 1.28 bits per heavy atom. The molecule has 0 unspecified atom stereocenters. The Bertz CT molecular complexity index is 795. The predicted octanol–water partition coefficient (Wildman–Crippen LogP) is 4.00. The summed E-state index contributed by atoms with van der Waals surface area (Å²) in [5.74, 6) is 7.25. The van der Waals surface area contributed by atoms with Crippen LogP contribution in [0, 0.1) is 17.8 Å².